The lowest BCUT2D eigenvalue weighted by molar-refractivity contribution is -0.153. The first kappa shape index (κ1) is 11.4. The van der Waals surface area contributed by atoms with Gasteiger partial charge in [0, 0.05) is 13.3 Å². The zero-order valence-corrected chi connectivity index (χ0v) is 9.70. The third-order valence-corrected chi connectivity index (χ3v) is 3.67. The maximum Gasteiger partial charge on any atom is 0.303 e. The highest BCUT2D eigenvalue weighted by molar-refractivity contribution is 5.95. The van der Waals surface area contributed by atoms with Crippen LogP contribution in [0.1, 0.15) is 45.4 Å². The Morgan fingerprint density at radius 2 is 2.06 bits per heavy atom. The predicted molar refractivity (Wildman–Crippen MR) is 59.8 cm³/mol. The minimum absolute atomic E-state index is 0.0635. The Bertz CT molecular complexity index is 324. The average molecular weight is 222 g/mol. The van der Waals surface area contributed by atoms with Gasteiger partial charge in [-0.15, -0.1) is 0 Å². The molecule has 0 aliphatic heterocycles. The number of ketones is 1. The molecule has 3 nitrogen and oxygen atoms in total. The molecule has 0 amide bonds. The molecule has 0 radical (unpaired) electrons. The summed E-state index contributed by atoms with van der Waals surface area (Å²) >= 11 is 0. The van der Waals surface area contributed by atoms with Gasteiger partial charge in [-0.3, -0.25) is 9.59 Å². The van der Waals surface area contributed by atoms with Crippen molar-refractivity contribution in [1.82, 2.24) is 0 Å². The van der Waals surface area contributed by atoms with Crippen molar-refractivity contribution < 1.29 is 14.3 Å². The standard InChI is InChI=1S/C13H18O3/c1-10(14)16-12-9-13(8-5-11(12)15)6-3-2-4-7-13/h5,8,12H,2-4,6-7,9H2,1H3. The van der Waals surface area contributed by atoms with E-state index in [-0.39, 0.29) is 17.2 Å². The molecule has 1 unspecified atom stereocenters. The SMILES string of the molecule is CC(=O)OC1CC2(C=CC1=O)CCCCC2. The van der Waals surface area contributed by atoms with Crippen molar-refractivity contribution >= 4 is 11.8 Å². The summed E-state index contributed by atoms with van der Waals surface area (Å²) in [6.45, 7) is 1.36. The second-order valence-corrected chi connectivity index (χ2v) is 4.96. The van der Waals surface area contributed by atoms with E-state index in [9.17, 15) is 9.59 Å². The first-order valence-electron chi connectivity index (χ1n) is 6.02. The van der Waals surface area contributed by atoms with E-state index in [2.05, 4.69) is 6.08 Å². The smallest absolute Gasteiger partial charge is 0.303 e. The number of carbonyl (C=O) groups excluding carboxylic acids is 2. The number of allylic oxidation sites excluding steroid dienone is 1. The number of esters is 1. The molecule has 0 heterocycles. The van der Waals surface area contributed by atoms with Crippen LogP contribution in [0.5, 0.6) is 0 Å². The Morgan fingerprint density at radius 1 is 1.38 bits per heavy atom. The molecule has 0 aromatic rings. The summed E-state index contributed by atoms with van der Waals surface area (Å²) in [6, 6.07) is 0. The van der Waals surface area contributed by atoms with E-state index in [0.29, 0.717) is 6.42 Å². The van der Waals surface area contributed by atoms with Crippen molar-refractivity contribution in [2.24, 2.45) is 5.41 Å². The normalized spacial score (nSPS) is 28.1. The molecule has 88 valence electrons. The van der Waals surface area contributed by atoms with Crippen LogP contribution in [0, 0.1) is 5.41 Å². The lowest BCUT2D eigenvalue weighted by atomic mass is 9.68. The maximum atomic E-state index is 11.6. The molecule has 2 rings (SSSR count). The molecule has 0 saturated heterocycles. The van der Waals surface area contributed by atoms with E-state index in [4.69, 9.17) is 4.74 Å². The fraction of sp³-hybridized carbons (Fsp3) is 0.692. The number of rotatable bonds is 1. The zero-order chi connectivity index (χ0) is 11.6. The monoisotopic (exact) mass is 222 g/mol. The van der Waals surface area contributed by atoms with Crippen molar-refractivity contribution in [3.8, 4) is 0 Å². The Morgan fingerprint density at radius 3 is 2.69 bits per heavy atom. The molecule has 3 heteroatoms. The van der Waals surface area contributed by atoms with E-state index in [1.165, 1.54) is 26.2 Å². The van der Waals surface area contributed by atoms with Gasteiger partial charge in [-0.2, -0.15) is 0 Å². The predicted octanol–water partition coefficient (Wildman–Crippen LogP) is 2.40. The van der Waals surface area contributed by atoms with Gasteiger partial charge in [0.25, 0.3) is 0 Å². The topological polar surface area (TPSA) is 43.4 Å². The maximum absolute atomic E-state index is 11.6. The van der Waals surface area contributed by atoms with Crippen LogP contribution >= 0.6 is 0 Å². The first-order valence-corrected chi connectivity index (χ1v) is 6.02. The van der Waals surface area contributed by atoms with Crippen molar-refractivity contribution in [1.29, 1.82) is 0 Å². The van der Waals surface area contributed by atoms with E-state index >= 15 is 0 Å². The van der Waals surface area contributed by atoms with Gasteiger partial charge in [-0.05, 0) is 24.3 Å². The zero-order valence-electron chi connectivity index (χ0n) is 9.70. The Labute approximate surface area is 95.9 Å². The van der Waals surface area contributed by atoms with Crippen molar-refractivity contribution in [2.75, 3.05) is 0 Å². The molecular formula is C13H18O3. The summed E-state index contributed by atoms with van der Waals surface area (Å²) in [7, 11) is 0. The Hall–Kier alpha value is -1.12. The largest absolute Gasteiger partial charge is 0.454 e. The molecule has 0 N–H and O–H groups in total. The van der Waals surface area contributed by atoms with Crippen LogP contribution in [-0.2, 0) is 14.3 Å². The first-order chi connectivity index (χ1) is 7.61. The van der Waals surface area contributed by atoms with Gasteiger partial charge >= 0.3 is 5.97 Å². The number of hydrogen-bond donors (Lipinski definition) is 0. The van der Waals surface area contributed by atoms with Gasteiger partial charge in [0.2, 0.25) is 0 Å². The summed E-state index contributed by atoms with van der Waals surface area (Å²) in [4.78, 5) is 22.5. The van der Waals surface area contributed by atoms with Crippen molar-refractivity contribution in [3.05, 3.63) is 12.2 Å². The van der Waals surface area contributed by atoms with Crippen LogP contribution in [0.15, 0.2) is 12.2 Å². The minimum atomic E-state index is -0.541. The van der Waals surface area contributed by atoms with Crippen LogP contribution in [0.25, 0.3) is 0 Å². The van der Waals surface area contributed by atoms with E-state index in [1.807, 2.05) is 0 Å². The molecule has 0 aromatic heterocycles. The highest BCUT2D eigenvalue weighted by Gasteiger charge is 2.38. The highest BCUT2D eigenvalue weighted by atomic mass is 16.5. The fourth-order valence-corrected chi connectivity index (χ4v) is 2.83. The van der Waals surface area contributed by atoms with Gasteiger partial charge in [0.15, 0.2) is 11.9 Å². The Balaban J connectivity index is 2.10. The molecule has 0 bridgehead atoms. The second-order valence-electron chi connectivity index (χ2n) is 4.96. The molecule has 2 aliphatic carbocycles. The molecule has 1 fully saturated rings. The molecule has 1 saturated carbocycles. The van der Waals surface area contributed by atoms with Crippen molar-refractivity contribution in [2.45, 2.75) is 51.6 Å². The van der Waals surface area contributed by atoms with Gasteiger partial charge in [-0.1, -0.05) is 25.3 Å². The fourth-order valence-electron chi connectivity index (χ4n) is 2.83. The second kappa shape index (κ2) is 4.40. The van der Waals surface area contributed by atoms with Crippen LogP contribution in [0.4, 0.5) is 0 Å². The summed E-state index contributed by atoms with van der Waals surface area (Å²) < 4.78 is 5.09. The van der Waals surface area contributed by atoms with Crippen molar-refractivity contribution in [3.63, 3.8) is 0 Å². The highest BCUT2D eigenvalue weighted by Crippen LogP contribution is 2.43. The summed E-state index contributed by atoms with van der Waals surface area (Å²) in [5.41, 5.74) is 0.117. The third kappa shape index (κ3) is 2.34. The van der Waals surface area contributed by atoms with Gasteiger partial charge in [0.1, 0.15) is 0 Å². The summed E-state index contributed by atoms with van der Waals surface area (Å²) in [6.07, 6.45) is 9.75. The van der Waals surface area contributed by atoms with Gasteiger partial charge in [-0.25, -0.2) is 0 Å². The Kier molecular flexibility index (Phi) is 3.13. The molecule has 1 spiro atoms. The molecule has 0 aromatic carbocycles. The number of hydrogen-bond acceptors (Lipinski definition) is 3. The van der Waals surface area contributed by atoms with E-state index < -0.39 is 6.10 Å². The number of carbonyl (C=O) groups is 2. The summed E-state index contributed by atoms with van der Waals surface area (Å²) in [5.74, 6) is -0.425. The molecular weight excluding hydrogens is 204 g/mol. The van der Waals surface area contributed by atoms with Gasteiger partial charge < -0.3 is 4.74 Å². The van der Waals surface area contributed by atoms with Crippen LogP contribution in [0.3, 0.4) is 0 Å². The van der Waals surface area contributed by atoms with E-state index in [1.54, 1.807) is 6.08 Å². The quantitative estimate of drug-likeness (QED) is 0.640. The molecule has 2 aliphatic rings. The van der Waals surface area contributed by atoms with Crippen LogP contribution in [-0.4, -0.2) is 17.9 Å². The minimum Gasteiger partial charge on any atom is -0.454 e. The lowest BCUT2D eigenvalue weighted by Gasteiger charge is -2.38. The van der Waals surface area contributed by atoms with E-state index in [0.717, 1.165) is 12.8 Å². The third-order valence-electron chi connectivity index (χ3n) is 3.67. The van der Waals surface area contributed by atoms with Crippen LogP contribution in [0.2, 0.25) is 0 Å². The van der Waals surface area contributed by atoms with Crippen LogP contribution < -0.4 is 0 Å². The number of ether oxygens (including phenoxy) is 1. The lowest BCUT2D eigenvalue weighted by Crippen LogP contribution is -2.37. The van der Waals surface area contributed by atoms with Gasteiger partial charge in [0.05, 0.1) is 0 Å². The molecule has 1 atom stereocenters. The average Bonchev–Trinajstić information content (AvgIpc) is 2.24. The molecule has 16 heavy (non-hydrogen) atoms. The summed E-state index contributed by atoms with van der Waals surface area (Å²) in [5, 5.41) is 0.